The van der Waals surface area contributed by atoms with E-state index in [0.29, 0.717) is 13.1 Å². The third-order valence-corrected chi connectivity index (χ3v) is 4.70. The Morgan fingerprint density at radius 2 is 1.63 bits per heavy atom. The number of nitrogens with one attached hydrogen (secondary N) is 1. The van der Waals surface area contributed by atoms with Crippen LogP contribution in [0.5, 0.6) is 0 Å². The van der Waals surface area contributed by atoms with Gasteiger partial charge in [0.2, 0.25) is 5.91 Å². The molecule has 144 valence electrons. The molecule has 1 amide bonds. The van der Waals surface area contributed by atoms with Crippen molar-refractivity contribution in [2.24, 2.45) is 0 Å². The number of amides is 1. The molecule has 1 aliphatic heterocycles. The van der Waals surface area contributed by atoms with E-state index in [1.807, 2.05) is 17.0 Å². The highest BCUT2D eigenvalue weighted by molar-refractivity contribution is 5.93. The molecule has 0 atom stereocenters. The maximum absolute atomic E-state index is 13.0. The zero-order chi connectivity index (χ0) is 19.4. The molecule has 4 nitrogen and oxygen atoms in total. The second kappa shape index (κ2) is 8.00. The molecule has 2 aromatic carbocycles. The predicted octanol–water partition coefficient (Wildman–Crippen LogP) is 3.77. The van der Waals surface area contributed by atoms with Crippen LogP contribution in [0.3, 0.4) is 0 Å². The molecule has 0 bridgehead atoms. The maximum Gasteiger partial charge on any atom is 0.418 e. The Hall–Kier alpha value is -2.54. The molecule has 0 saturated carbocycles. The molecule has 0 aliphatic carbocycles. The van der Waals surface area contributed by atoms with Gasteiger partial charge < -0.3 is 10.2 Å². The van der Waals surface area contributed by atoms with Gasteiger partial charge in [0.05, 0.1) is 17.8 Å². The summed E-state index contributed by atoms with van der Waals surface area (Å²) in [7, 11) is 0. The number of carbonyl (C=O) groups is 1. The number of hydrogen-bond acceptors (Lipinski definition) is 3. The Kier molecular flexibility index (Phi) is 5.70. The summed E-state index contributed by atoms with van der Waals surface area (Å²) in [5.41, 5.74) is 1.35. The number of hydrogen-bond donors (Lipinski definition) is 1. The second-order valence-electron chi connectivity index (χ2n) is 6.64. The van der Waals surface area contributed by atoms with E-state index in [9.17, 15) is 18.0 Å². The molecule has 1 heterocycles. The van der Waals surface area contributed by atoms with Crippen LogP contribution in [0.25, 0.3) is 0 Å². The molecule has 3 rings (SSSR count). The van der Waals surface area contributed by atoms with Gasteiger partial charge in [-0.3, -0.25) is 9.69 Å². The first-order chi connectivity index (χ1) is 12.8. The lowest BCUT2D eigenvalue weighted by atomic mass is 10.1. The lowest BCUT2D eigenvalue weighted by molar-refractivity contribution is -0.137. The smallest absolute Gasteiger partial charge is 0.369 e. The summed E-state index contributed by atoms with van der Waals surface area (Å²) in [6, 6.07) is 13.2. The lowest BCUT2D eigenvalue weighted by Crippen LogP contribution is -2.48. The van der Waals surface area contributed by atoms with Crippen LogP contribution in [-0.4, -0.2) is 43.5 Å². The Bertz CT molecular complexity index is 799. The third kappa shape index (κ3) is 4.80. The van der Waals surface area contributed by atoms with Gasteiger partial charge in [0.15, 0.2) is 0 Å². The molecule has 0 aromatic heterocycles. The average molecular weight is 377 g/mol. The molecule has 1 aliphatic rings. The van der Waals surface area contributed by atoms with Gasteiger partial charge in [-0.25, -0.2) is 0 Å². The summed E-state index contributed by atoms with van der Waals surface area (Å²) in [6.45, 7) is 5.06. The van der Waals surface area contributed by atoms with E-state index in [4.69, 9.17) is 0 Å². The van der Waals surface area contributed by atoms with Crippen LogP contribution in [0.2, 0.25) is 0 Å². The fraction of sp³-hybridized carbons (Fsp3) is 0.350. The molecule has 0 radical (unpaired) electrons. The molecule has 1 saturated heterocycles. The zero-order valence-corrected chi connectivity index (χ0v) is 15.1. The Balaban J connectivity index is 1.56. The van der Waals surface area contributed by atoms with Crippen molar-refractivity contribution >= 4 is 17.3 Å². The van der Waals surface area contributed by atoms with Crippen molar-refractivity contribution in [1.82, 2.24) is 4.90 Å². The van der Waals surface area contributed by atoms with E-state index < -0.39 is 17.6 Å². The maximum atomic E-state index is 13.0. The molecule has 1 N–H and O–H groups in total. The van der Waals surface area contributed by atoms with Gasteiger partial charge in [-0.1, -0.05) is 30.3 Å². The number of rotatable bonds is 4. The van der Waals surface area contributed by atoms with Crippen molar-refractivity contribution in [3.63, 3.8) is 0 Å². The number of para-hydroxylation sites is 2. The number of alkyl halides is 3. The SMILES string of the molecule is Cc1ccccc1N1CCN(CC(=O)Nc2ccccc2C(F)(F)F)CC1. The minimum Gasteiger partial charge on any atom is -0.369 e. The van der Waals surface area contributed by atoms with Crippen molar-refractivity contribution < 1.29 is 18.0 Å². The number of carbonyl (C=O) groups excluding carboxylic acids is 1. The number of aryl methyl sites for hydroxylation is 1. The van der Waals surface area contributed by atoms with Crippen LogP contribution in [0.1, 0.15) is 11.1 Å². The Labute approximate surface area is 156 Å². The highest BCUT2D eigenvalue weighted by Crippen LogP contribution is 2.34. The van der Waals surface area contributed by atoms with Gasteiger partial charge in [0, 0.05) is 31.9 Å². The van der Waals surface area contributed by atoms with E-state index in [2.05, 4.69) is 29.3 Å². The highest BCUT2D eigenvalue weighted by Gasteiger charge is 2.33. The lowest BCUT2D eigenvalue weighted by Gasteiger charge is -2.36. The van der Waals surface area contributed by atoms with Gasteiger partial charge in [0.25, 0.3) is 0 Å². The largest absolute Gasteiger partial charge is 0.418 e. The minimum absolute atomic E-state index is 0.0772. The van der Waals surface area contributed by atoms with Crippen molar-refractivity contribution in [2.45, 2.75) is 13.1 Å². The number of halogens is 3. The van der Waals surface area contributed by atoms with Crippen molar-refractivity contribution in [2.75, 3.05) is 42.9 Å². The fourth-order valence-electron chi connectivity index (χ4n) is 3.30. The Morgan fingerprint density at radius 1 is 1.00 bits per heavy atom. The zero-order valence-electron chi connectivity index (χ0n) is 15.1. The van der Waals surface area contributed by atoms with Crippen LogP contribution in [-0.2, 0) is 11.0 Å². The quantitative estimate of drug-likeness (QED) is 0.881. The summed E-state index contributed by atoms with van der Waals surface area (Å²) in [5.74, 6) is -0.434. The average Bonchev–Trinajstić information content (AvgIpc) is 2.62. The first-order valence-electron chi connectivity index (χ1n) is 8.83. The second-order valence-corrected chi connectivity index (χ2v) is 6.64. The van der Waals surface area contributed by atoms with Crippen molar-refractivity contribution in [3.8, 4) is 0 Å². The van der Waals surface area contributed by atoms with Gasteiger partial charge in [-0.05, 0) is 30.7 Å². The van der Waals surface area contributed by atoms with Gasteiger partial charge >= 0.3 is 6.18 Å². The number of anilines is 2. The normalized spacial score (nSPS) is 15.6. The van der Waals surface area contributed by atoms with E-state index in [-0.39, 0.29) is 12.2 Å². The monoisotopic (exact) mass is 377 g/mol. The number of benzene rings is 2. The summed E-state index contributed by atoms with van der Waals surface area (Å²) >= 11 is 0. The molecule has 2 aromatic rings. The van der Waals surface area contributed by atoms with Gasteiger partial charge in [-0.15, -0.1) is 0 Å². The molecule has 0 spiro atoms. The predicted molar refractivity (Wildman–Crippen MR) is 99.9 cm³/mol. The first kappa shape index (κ1) is 19.2. The first-order valence-corrected chi connectivity index (χ1v) is 8.83. The molecular weight excluding hydrogens is 355 g/mol. The Morgan fingerprint density at radius 3 is 2.30 bits per heavy atom. The van der Waals surface area contributed by atoms with Crippen LogP contribution in [0.4, 0.5) is 24.5 Å². The third-order valence-electron chi connectivity index (χ3n) is 4.70. The summed E-state index contributed by atoms with van der Waals surface area (Å²) in [4.78, 5) is 16.5. The van der Waals surface area contributed by atoms with Crippen LogP contribution in [0, 0.1) is 6.92 Å². The van der Waals surface area contributed by atoms with Crippen LogP contribution < -0.4 is 10.2 Å². The number of piperazine rings is 1. The number of nitrogens with zero attached hydrogens (tertiary/aromatic N) is 2. The standard InChI is InChI=1S/C20H22F3N3O/c1-15-6-2-5-9-18(15)26-12-10-25(11-13-26)14-19(27)24-17-8-4-3-7-16(17)20(21,22)23/h2-9H,10-14H2,1H3,(H,24,27). The van der Waals surface area contributed by atoms with E-state index in [1.54, 1.807) is 0 Å². The van der Waals surface area contributed by atoms with E-state index in [1.165, 1.54) is 29.4 Å². The van der Waals surface area contributed by atoms with Crippen molar-refractivity contribution in [1.29, 1.82) is 0 Å². The highest BCUT2D eigenvalue weighted by atomic mass is 19.4. The van der Waals surface area contributed by atoms with E-state index >= 15 is 0 Å². The van der Waals surface area contributed by atoms with Gasteiger partial charge in [0.1, 0.15) is 0 Å². The summed E-state index contributed by atoms with van der Waals surface area (Å²) in [6.07, 6.45) is -4.50. The molecule has 27 heavy (non-hydrogen) atoms. The topological polar surface area (TPSA) is 35.6 Å². The van der Waals surface area contributed by atoms with Crippen molar-refractivity contribution in [3.05, 3.63) is 59.7 Å². The van der Waals surface area contributed by atoms with Crippen LogP contribution in [0.15, 0.2) is 48.5 Å². The minimum atomic E-state index is -4.50. The molecule has 7 heteroatoms. The molecule has 0 unspecified atom stereocenters. The summed E-state index contributed by atoms with van der Waals surface area (Å²) in [5, 5.41) is 2.40. The molecular formula is C20H22F3N3O. The van der Waals surface area contributed by atoms with Crippen LogP contribution >= 0.6 is 0 Å². The summed E-state index contributed by atoms with van der Waals surface area (Å²) < 4.78 is 39.1. The molecule has 1 fully saturated rings. The fourth-order valence-corrected chi connectivity index (χ4v) is 3.30. The van der Waals surface area contributed by atoms with Gasteiger partial charge in [-0.2, -0.15) is 13.2 Å². The van der Waals surface area contributed by atoms with E-state index in [0.717, 1.165) is 19.2 Å².